The topological polar surface area (TPSA) is 50.7 Å². The zero-order valence-electron chi connectivity index (χ0n) is 12.2. The van der Waals surface area contributed by atoms with E-state index in [0.717, 1.165) is 16.8 Å². The number of benzene rings is 2. The second kappa shape index (κ2) is 7.24. The summed E-state index contributed by atoms with van der Waals surface area (Å²) in [6, 6.07) is 17.0. The highest BCUT2D eigenvalue weighted by Crippen LogP contribution is 2.13. The van der Waals surface area contributed by atoms with E-state index < -0.39 is 5.97 Å². The number of ether oxygens (including phenoxy) is 1. The minimum Gasteiger partial charge on any atom is -0.461 e. The molecule has 0 atom stereocenters. The molecule has 0 aliphatic carbocycles. The van der Waals surface area contributed by atoms with E-state index in [1.54, 1.807) is 6.92 Å². The maximum absolute atomic E-state index is 12.1. The first kappa shape index (κ1) is 14.8. The van der Waals surface area contributed by atoms with Crippen LogP contribution >= 0.6 is 0 Å². The van der Waals surface area contributed by atoms with Gasteiger partial charge in [-0.2, -0.15) is 5.10 Å². The SMILES string of the molecule is CCOC(=O)/C(=N\Nc1ccccc1C)c1ccccc1. The number of carbonyl (C=O) groups excluding carboxylic acids is 1. The molecule has 0 saturated carbocycles. The lowest BCUT2D eigenvalue weighted by molar-refractivity contribution is -0.134. The molecule has 21 heavy (non-hydrogen) atoms. The quantitative estimate of drug-likeness (QED) is 0.519. The van der Waals surface area contributed by atoms with Crippen molar-refractivity contribution in [3.05, 3.63) is 65.7 Å². The third-order valence-corrected chi connectivity index (χ3v) is 2.95. The number of anilines is 1. The van der Waals surface area contributed by atoms with Gasteiger partial charge in [0.15, 0.2) is 5.71 Å². The Morgan fingerprint density at radius 1 is 1.10 bits per heavy atom. The third kappa shape index (κ3) is 3.92. The van der Waals surface area contributed by atoms with E-state index in [-0.39, 0.29) is 5.71 Å². The molecule has 108 valence electrons. The van der Waals surface area contributed by atoms with Crippen LogP contribution in [0, 0.1) is 6.92 Å². The van der Waals surface area contributed by atoms with E-state index in [0.29, 0.717) is 6.61 Å². The van der Waals surface area contributed by atoms with E-state index >= 15 is 0 Å². The van der Waals surface area contributed by atoms with Crippen molar-refractivity contribution in [2.24, 2.45) is 5.10 Å². The van der Waals surface area contributed by atoms with Gasteiger partial charge in [-0.1, -0.05) is 48.5 Å². The molecular formula is C17H18N2O2. The summed E-state index contributed by atoms with van der Waals surface area (Å²) < 4.78 is 5.07. The number of nitrogens with zero attached hydrogens (tertiary/aromatic N) is 1. The van der Waals surface area contributed by atoms with Gasteiger partial charge < -0.3 is 4.74 Å². The Balaban J connectivity index is 2.29. The van der Waals surface area contributed by atoms with Gasteiger partial charge in [0.25, 0.3) is 0 Å². The maximum atomic E-state index is 12.1. The number of carbonyl (C=O) groups is 1. The first-order valence-electron chi connectivity index (χ1n) is 6.84. The molecule has 4 heteroatoms. The van der Waals surface area contributed by atoms with Crippen molar-refractivity contribution in [3.63, 3.8) is 0 Å². The minimum absolute atomic E-state index is 0.265. The first-order valence-corrected chi connectivity index (χ1v) is 6.84. The zero-order chi connectivity index (χ0) is 15.1. The summed E-state index contributed by atoms with van der Waals surface area (Å²) in [7, 11) is 0. The molecule has 2 aromatic carbocycles. The summed E-state index contributed by atoms with van der Waals surface area (Å²) in [5.41, 5.74) is 5.83. The summed E-state index contributed by atoms with van der Waals surface area (Å²) in [4.78, 5) is 12.1. The van der Waals surface area contributed by atoms with Gasteiger partial charge in [-0.05, 0) is 25.5 Å². The van der Waals surface area contributed by atoms with Gasteiger partial charge in [0.05, 0.1) is 12.3 Å². The maximum Gasteiger partial charge on any atom is 0.359 e. The molecule has 0 aromatic heterocycles. The highest BCUT2D eigenvalue weighted by molar-refractivity contribution is 6.43. The van der Waals surface area contributed by atoms with Gasteiger partial charge >= 0.3 is 5.97 Å². The van der Waals surface area contributed by atoms with Crippen molar-refractivity contribution in [2.45, 2.75) is 13.8 Å². The molecule has 0 bridgehead atoms. The van der Waals surface area contributed by atoms with Gasteiger partial charge in [0.2, 0.25) is 0 Å². The molecule has 0 aliphatic heterocycles. The van der Waals surface area contributed by atoms with E-state index in [2.05, 4.69) is 10.5 Å². The second-order valence-electron chi connectivity index (χ2n) is 4.47. The average molecular weight is 282 g/mol. The number of hydrogen-bond donors (Lipinski definition) is 1. The van der Waals surface area contributed by atoms with Crippen LogP contribution in [-0.2, 0) is 9.53 Å². The Morgan fingerprint density at radius 3 is 2.43 bits per heavy atom. The normalized spacial score (nSPS) is 11.0. The van der Waals surface area contributed by atoms with Crippen LogP contribution in [0.4, 0.5) is 5.69 Å². The molecule has 0 heterocycles. The number of para-hydroxylation sites is 1. The predicted octanol–water partition coefficient (Wildman–Crippen LogP) is 3.37. The smallest absolute Gasteiger partial charge is 0.359 e. The molecule has 0 unspecified atom stereocenters. The molecule has 0 spiro atoms. The zero-order valence-corrected chi connectivity index (χ0v) is 12.2. The largest absolute Gasteiger partial charge is 0.461 e. The summed E-state index contributed by atoms with van der Waals surface area (Å²) >= 11 is 0. The van der Waals surface area contributed by atoms with Crippen LogP contribution in [0.25, 0.3) is 0 Å². The molecule has 0 aliphatic rings. The summed E-state index contributed by atoms with van der Waals surface area (Å²) in [6.45, 7) is 4.06. The van der Waals surface area contributed by atoms with Gasteiger partial charge in [-0.25, -0.2) is 4.79 Å². The summed E-state index contributed by atoms with van der Waals surface area (Å²) in [6.07, 6.45) is 0. The van der Waals surface area contributed by atoms with Crippen molar-refractivity contribution < 1.29 is 9.53 Å². The molecule has 0 fully saturated rings. The second-order valence-corrected chi connectivity index (χ2v) is 4.47. The third-order valence-electron chi connectivity index (χ3n) is 2.95. The summed E-state index contributed by atoms with van der Waals surface area (Å²) in [5.74, 6) is -0.440. The average Bonchev–Trinajstić information content (AvgIpc) is 2.50. The van der Waals surface area contributed by atoms with Crippen LogP contribution in [0.15, 0.2) is 59.7 Å². The lowest BCUT2D eigenvalue weighted by Gasteiger charge is -2.08. The molecule has 1 N–H and O–H groups in total. The van der Waals surface area contributed by atoms with Gasteiger partial charge in [0, 0.05) is 5.56 Å². The molecule has 2 rings (SSSR count). The van der Waals surface area contributed by atoms with Crippen LogP contribution in [0.3, 0.4) is 0 Å². The van der Waals surface area contributed by atoms with Crippen LogP contribution < -0.4 is 5.43 Å². The Kier molecular flexibility index (Phi) is 5.10. The fourth-order valence-electron chi connectivity index (χ4n) is 1.84. The van der Waals surface area contributed by atoms with Crippen LogP contribution in [-0.4, -0.2) is 18.3 Å². The molecule has 0 amide bonds. The number of hydrogen-bond acceptors (Lipinski definition) is 4. The first-order chi connectivity index (χ1) is 10.2. The van der Waals surface area contributed by atoms with E-state index in [4.69, 9.17) is 4.74 Å². The van der Waals surface area contributed by atoms with Crippen molar-refractivity contribution in [1.82, 2.24) is 0 Å². The van der Waals surface area contributed by atoms with Crippen LogP contribution in [0.2, 0.25) is 0 Å². The van der Waals surface area contributed by atoms with Crippen molar-refractivity contribution in [2.75, 3.05) is 12.0 Å². The highest BCUT2D eigenvalue weighted by atomic mass is 16.5. The molecular weight excluding hydrogens is 264 g/mol. The van der Waals surface area contributed by atoms with Gasteiger partial charge in [-0.3, -0.25) is 5.43 Å². The van der Waals surface area contributed by atoms with Crippen molar-refractivity contribution in [3.8, 4) is 0 Å². The molecule has 4 nitrogen and oxygen atoms in total. The van der Waals surface area contributed by atoms with Crippen molar-refractivity contribution >= 4 is 17.4 Å². The predicted molar refractivity (Wildman–Crippen MR) is 84.4 cm³/mol. The standard InChI is InChI=1S/C17H18N2O2/c1-3-21-17(20)16(14-10-5-4-6-11-14)19-18-15-12-8-7-9-13(15)2/h4-12,18H,3H2,1-2H3/b19-16-. The van der Waals surface area contributed by atoms with Crippen molar-refractivity contribution in [1.29, 1.82) is 0 Å². The van der Waals surface area contributed by atoms with Crippen LogP contribution in [0.5, 0.6) is 0 Å². The number of hydrazone groups is 1. The van der Waals surface area contributed by atoms with E-state index in [1.807, 2.05) is 61.5 Å². The number of esters is 1. The fourth-order valence-corrected chi connectivity index (χ4v) is 1.84. The summed E-state index contributed by atoms with van der Waals surface area (Å²) in [5, 5.41) is 4.24. The monoisotopic (exact) mass is 282 g/mol. The Morgan fingerprint density at radius 2 is 1.76 bits per heavy atom. The van der Waals surface area contributed by atoms with Gasteiger partial charge in [-0.15, -0.1) is 0 Å². The number of rotatable bonds is 5. The number of aryl methyl sites for hydroxylation is 1. The lowest BCUT2D eigenvalue weighted by Crippen LogP contribution is -2.20. The van der Waals surface area contributed by atoms with E-state index in [9.17, 15) is 4.79 Å². The Labute approximate surface area is 124 Å². The van der Waals surface area contributed by atoms with Crippen LogP contribution in [0.1, 0.15) is 18.1 Å². The molecule has 2 aromatic rings. The van der Waals surface area contributed by atoms with Gasteiger partial charge in [0.1, 0.15) is 0 Å². The lowest BCUT2D eigenvalue weighted by atomic mass is 10.1. The Bertz CT molecular complexity index is 636. The van der Waals surface area contributed by atoms with E-state index in [1.165, 1.54) is 0 Å². The Hall–Kier alpha value is -2.62. The highest BCUT2D eigenvalue weighted by Gasteiger charge is 2.15. The molecule has 0 radical (unpaired) electrons. The minimum atomic E-state index is -0.440. The number of nitrogens with one attached hydrogen (secondary N) is 1. The fraction of sp³-hybridized carbons (Fsp3) is 0.176. The molecule has 0 saturated heterocycles.